The van der Waals surface area contributed by atoms with Crippen molar-refractivity contribution < 1.29 is 10.2 Å². The third-order valence-corrected chi connectivity index (χ3v) is 4.61. The van der Waals surface area contributed by atoms with Crippen molar-refractivity contribution in [1.82, 2.24) is 9.55 Å². The number of benzene rings is 1. The van der Waals surface area contributed by atoms with E-state index in [-0.39, 0.29) is 30.0 Å². The van der Waals surface area contributed by atoms with Crippen molar-refractivity contribution in [3.63, 3.8) is 0 Å². The van der Waals surface area contributed by atoms with Gasteiger partial charge in [-0.2, -0.15) is 5.26 Å². The molecular weight excluding hydrogens is 366 g/mol. The lowest BCUT2D eigenvalue weighted by Gasteiger charge is -2.11. The van der Waals surface area contributed by atoms with Gasteiger partial charge in [-0.3, -0.25) is 9.36 Å². The van der Waals surface area contributed by atoms with Crippen LogP contribution in [0, 0.1) is 18.3 Å². The second kappa shape index (κ2) is 7.90. The molecule has 3 rings (SSSR count). The van der Waals surface area contributed by atoms with Crippen molar-refractivity contribution in [2.75, 3.05) is 6.61 Å². The topological polar surface area (TPSA) is 124 Å². The van der Waals surface area contributed by atoms with Crippen LogP contribution in [0.5, 0.6) is 5.88 Å². The van der Waals surface area contributed by atoms with E-state index in [9.17, 15) is 15.2 Å². The maximum atomic E-state index is 12.5. The molecule has 0 unspecified atom stereocenters. The van der Waals surface area contributed by atoms with E-state index in [4.69, 9.17) is 5.11 Å². The average molecular weight is 381 g/mol. The predicted molar refractivity (Wildman–Crippen MR) is 101 cm³/mol. The van der Waals surface area contributed by atoms with Gasteiger partial charge in [-0.25, -0.2) is 4.98 Å². The third-order valence-electron chi connectivity index (χ3n) is 3.89. The van der Waals surface area contributed by atoms with Gasteiger partial charge in [0.2, 0.25) is 11.0 Å². The summed E-state index contributed by atoms with van der Waals surface area (Å²) < 4.78 is 0.900. The Balaban J connectivity index is 2.01. The molecule has 0 saturated carbocycles. The van der Waals surface area contributed by atoms with Gasteiger partial charge in [-0.05, 0) is 6.92 Å². The number of aliphatic hydroxyl groups is 1. The summed E-state index contributed by atoms with van der Waals surface area (Å²) in [5.74, 6) is -0.492. The van der Waals surface area contributed by atoms with E-state index in [0.717, 1.165) is 15.8 Å². The van der Waals surface area contributed by atoms with E-state index in [1.807, 2.05) is 41.8 Å². The van der Waals surface area contributed by atoms with E-state index in [0.29, 0.717) is 5.13 Å². The first-order valence-electron chi connectivity index (χ1n) is 7.96. The number of nitrogens with zero attached hydrogens (tertiary/aromatic N) is 5. The van der Waals surface area contributed by atoms with E-state index >= 15 is 0 Å². The summed E-state index contributed by atoms with van der Waals surface area (Å²) in [5, 5.41) is 38.6. The average Bonchev–Trinajstić information content (AvgIpc) is 3.15. The molecule has 1 aromatic carbocycles. The number of hydrogen-bond acceptors (Lipinski definition) is 8. The Hall–Kier alpha value is -3.35. The molecule has 0 amide bonds. The van der Waals surface area contributed by atoms with Gasteiger partial charge in [0.05, 0.1) is 18.8 Å². The van der Waals surface area contributed by atoms with Crippen molar-refractivity contribution in [2.24, 2.45) is 10.2 Å². The van der Waals surface area contributed by atoms with Crippen molar-refractivity contribution in [1.29, 1.82) is 5.26 Å². The van der Waals surface area contributed by atoms with Crippen LogP contribution in [0.4, 0.5) is 10.8 Å². The quantitative estimate of drug-likeness (QED) is 0.656. The number of pyridine rings is 1. The summed E-state index contributed by atoms with van der Waals surface area (Å²) in [5.41, 5.74) is 1.11. The highest BCUT2D eigenvalue weighted by atomic mass is 32.1. The van der Waals surface area contributed by atoms with Crippen LogP contribution in [0.1, 0.15) is 11.1 Å². The van der Waals surface area contributed by atoms with E-state index in [2.05, 4.69) is 15.2 Å². The van der Waals surface area contributed by atoms with Crippen molar-refractivity contribution >= 4 is 22.2 Å². The van der Waals surface area contributed by atoms with Gasteiger partial charge in [-0.15, -0.1) is 21.6 Å². The van der Waals surface area contributed by atoms with E-state index in [1.165, 1.54) is 18.3 Å². The number of aliphatic hydroxyl groups excluding tert-OH is 1. The molecule has 0 bridgehead atoms. The zero-order chi connectivity index (χ0) is 19.4. The Morgan fingerprint density at radius 2 is 2.04 bits per heavy atom. The molecule has 0 aliphatic carbocycles. The van der Waals surface area contributed by atoms with Crippen LogP contribution in [-0.4, -0.2) is 26.4 Å². The second-order valence-corrected chi connectivity index (χ2v) is 6.38. The number of azo groups is 1. The van der Waals surface area contributed by atoms with Crippen molar-refractivity contribution in [3.05, 3.63) is 57.2 Å². The van der Waals surface area contributed by atoms with Crippen LogP contribution >= 0.6 is 11.3 Å². The molecule has 2 N–H and O–H groups in total. The molecule has 0 fully saturated rings. The lowest BCUT2D eigenvalue weighted by molar-refractivity contribution is 0.263. The zero-order valence-corrected chi connectivity index (χ0v) is 15.1. The lowest BCUT2D eigenvalue weighted by atomic mass is 10.1. The third kappa shape index (κ3) is 3.62. The summed E-state index contributed by atoms with van der Waals surface area (Å²) in [6, 6.07) is 11.4. The summed E-state index contributed by atoms with van der Waals surface area (Å²) in [4.78, 5) is 16.9. The van der Waals surface area contributed by atoms with Gasteiger partial charge in [0.1, 0.15) is 11.6 Å². The van der Waals surface area contributed by atoms with Crippen LogP contribution in [0.25, 0.3) is 11.3 Å². The Bertz CT molecular complexity index is 1100. The molecule has 27 heavy (non-hydrogen) atoms. The van der Waals surface area contributed by atoms with Gasteiger partial charge < -0.3 is 10.2 Å². The van der Waals surface area contributed by atoms with Crippen LogP contribution < -0.4 is 5.56 Å². The minimum atomic E-state index is -0.637. The van der Waals surface area contributed by atoms with Crippen LogP contribution in [0.3, 0.4) is 0 Å². The largest absolute Gasteiger partial charge is 0.493 e. The molecule has 0 atom stereocenters. The number of aromatic hydroxyl groups is 1. The SMILES string of the molecule is Cc1c(C#N)c(O)n(CCO)c(=O)c1N=Nc1nc(-c2ccccc2)cs1. The molecule has 2 aromatic heterocycles. The highest BCUT2D eigenvalue weighted by Gasteiger charge is 2.19. The Labute approximate surface area is 158 Å². The van der Waals surface area contributed by atoms with Crippen molar-refractivity contribution in [2.45, 2.75) is 13.5 Å². The fraction of sp³-hybridized carbons (Fsp3) is 0.167. The molecule has 3 aromatic rings. The maximum Gasteiger partial charge on any atom is 0.281 e. The van der Waals surface area contributed by atoms with Gasteiger partial charge in [-0.1, -0.05) is 30.3 Å². The highest BCUT2D eigenvalue weighted by molar-refractivity contribution is 7.13. The molecule has 0 spiro atoms. The normalized spacial score (nSPS) is 11.0. The first kappa shape index (κ1) is 18.4. The molecule has 8 nitrogen and oxygen atoms in total. The van der Waals surface area contributed by atoms with Crippen LogP contribution in [0.15, 0.2) is 50.7 Å². The molecule has 0 aliphatic heterocycles. The van der Waals surface area contributed by atoms with Crippen molar-refractivity contribution in [3.8, 4) is 23.2 Å². The second-order valence-electron chi connectivity index (χ2n) is 5.55. The summed E-state index contributed by atoms with van der Waals surface area (Å²) in [7, 11) is 0. The minimum absolute atomic E-state index is 0.0748. The Kier molecular flexibility index (Phi) is 5.40. The van der Waals surface area contributed by atoms with Gasteiger partial charge in [0.25, 0.3) is 5.56 Å². The first-order chi connectivity index (χ1) is 13.1. The number of thiazole rings is 1. The van der Waals surface area contributed by atoms with Gasteiger partial charge >= 0.3 is 0 Å². The van der Waals surface area contributed by atoms with Gasteiger partial charge in [0, 0.05) is 16.5 Å². The summed E-state index contributed by atoms with van der Waals surface area (Å²) >= 11 is 1.27. The standard InChI is InChI=1S/C18H15N5O3S/c1-11-13(9-19)16(25)23(7-8-24)17(26)15(11)21-22-18-20-14(10-27-18)12-5-3-2-4-6-12/h2-6,10,24-25H,7-8H2,1H3. The Morgan fingerprint density at radius 1 is 1.30 bits per heavy atom. The Morgan fingerprint density at radius 3 is 2.70 bits per heavy atom. The van der Waals surface area contributed by atoms with Gasteiger partial charge in [0.15, 0.2) is 5.69 Å². The number of rotatable bonds is 5. The van der Waals surface area contributed by atoms with E-state index in [1.54, 1.807) is 0 Å². The molecule has 0 radical (unpaired) electrons. The fourth-order valence-electron chi connectivity index (χ4n) is 2.51. The summed E-state index contributed by atoms with van der Waals surface area (Å²) in [6.07, 6.45) is 0. The molecule has 0 saturated heterocycles. The summed E-state index contributed by atoms with van der Waals surface area (Å²) in [6.45, 7) is 0.983. The maximum absolute atomic E-state index is 12.5. The number of aromatic nitrogens is 2. The fourth-order valence-corrected chi connectivity index (χ4v) is 3.15. The number of hydrogen-bond donors (Lipinski definition) is 2. The molecule has 136 valence electrons. The molecule has 9 heteroatoms. The molecular formula is C18H15N5O3S. The zero-order valence-electron chi connectivity index (χ0n) is 14.3. The predicted octanol–water partition coefficient (Wildman–Crippen LogP) is 3.27. The van der Waals surface area contributed by atoms with E-state index < -0.39 is 11.4 Å². The monoisotopic (exact) mass is 381 g/mol. The smallest absolute Gasteiger partial charge is 0.281 e. The number of nitriles is 1. The van der Waals surface area contributed by atoms with Crippen LogP contribution in [-0.2, 0) is 6.54 Å². The van der Waals surface area contributed by atoms with Crippen LogP contribution in [0.2, 0.25) is 0 Å². The molecule has 0 aliphatic rings. The molecule has 2 heterocycles. The minimum Gasteiger partial charge on any atom is -0.493 e. The highest BCUT2D eigenvalue weighted by Crippen LogP contribution is 2.29. The first-order valence-corrected chi connectivity index (χ1v) is 8.84. The lowest BCUT2D eigenvalue weighted by Crippen LogP contribution is -2.23.